The summed E-state index contributed by atoms with van der Waals surface area (Å²) in [5.74, 6) is 0.781. The van der Waals surface area contributed by atoms with Crippen molar-refractivity contribution in [3.8, 4) is 23.3 Å². The van der Waals surface area contributed by atoms with Crippen LogP contribution in [0.1, 0.15) is 29.5 Å². The van der Waals surface area contributed by atoms with E-state index in [1.165, 1.54) is 7.11 Å². The SMILES string of the molecule is COc1cc(C#N)ccc1OCCCC(=O)NNC(=O)COc1cc(C)ccc1C. The number of rotatable bonds is 9. The van der Waals surface area contributed by atoms with Crippen LogP contribution in [0.5, 0.6) is 17.2 Å². The number of hydrogen-bond acceptors (Lipinski definition) is 6. The maximum atomic E-state index is 11.9. The molecule has 0 aromatic heterocycles. The minimum absolute atomic E-state index is 0.163. The Kier molecular flexibility index (Phi) is 8.51. The summed E-state index contributed by atoms with van der Waals surface area (Å²) in [5, 5.41) is 8.90. The van der Waals surface area contributed by atoms with Crippen LogP contribution in [0.25, 0.3) is 0 Å². The smallest absolute Gasteiger partial charge is 0.276 e. The molecule has 0 aliphatic heterocycles. The Labute approximate surface area is 175 Å². The van der Waals surface area contributed by atoms with E-state index in [4.69, 9.17) is 19.5 Å². The quantitative estimate of drug-likeness (QED) is 0.485. The molecule has 0 fully saturated rings. The number of carbonyl (C=O) groups excluding carboxylic acids is 2. The number of methoxy groups -OCH3 is 1. The molecule has 0 aliphatic rings. The average molecular weight is 411 g/mol. The largest absolute Gasteiger partial charge is 0.493 e. The Morgan fingerprint density at radius 3 is 2.47 bits per heavy atom. The minimum atomic E-state index is -0.456. The third kappa shape index (κ3) is 7.02. The second kappa shape index (κ2) is 11.3. The first-order valence-electron chi connectivity index (χ1n) is 9.41. The van der Waals surface area contributed by atoms with E-state index >= 15 is 0 Å². The van der Waals surface area contributed by atoms with E-state index in [-0.39, 0.29) is 25.5 Å². The van der Waals surface area contributed by atoms with Crippen molar-refractivity contribution in [2.45, 2.75) is 26.7 Å². The van der Waals surface area contributed by atoms with Gasteiger partial charge in [0.1, 0.15) is 5.75 Å². The van der Waals surface area contributed by atoms with Crippen LogP contribution in [0.2, 0.25) is 0 Å². The van der Waals surface area contributed by atoms with Gasteiger partial charge in [-0.15, -0.1) is 0 Å². The molecule has 30 heavy (non-hydrogen) atoms. The molecule has 2 rings (SSSR count). The van der Waals surface area contributed by atoms with Crippen molar-refractivity contribution in [3.05, 3.63) is 53.1 Å². The standard InChI is InChI=1S/C22H25N3O5/c1-15-6-7-16(2)19(11-15)30-14-22(27)25-24-21(26)5-4-10-29-18-9-8-17(13-23)12-20(18)28-3/h6-9,11-12H,4-5,10,14H2,1-3H3,(H,24,26)(H,25,27). The van der Waals surface area contributed by atoms with Crippen LogP contribution in [-0.4, -0.2) is 32.1 Å². The normalized spacial score (nSPS) is 9.93. The summed E-state index contributed by atoms with van der Waals surface area (Å²) >= 11 is 0. The zero-order valence-electron chi connectivity index (χ0n) is 17.3. The van der Waals surface area contributed by atoms with Crippen molar-refractivity contribution >= 4 is 11.8 Å². The number of ether oxygens (including phenoxy) is 3. The lowest BCUT2D eigenvalue weighted by Gasteiger charge is -2.12. The lowest BCUT2D eigenvalue weighted by atomic mass is 10.1. The highest BCUT2D eigenvalue weighted by Gasteiger charge is 2.09. The molecular weight excluding hydrogens is 386 g/mol. The van der Waals surface area contributed by atoms with Gasteiger partial charge in [0.15, 0.2) is 18.1 Å². The van der Waals surface area contributed by atoms with Gasteiger partial charge in [0, 0.05) is 12.5 Å². The molecule has 8 nitrogen and oxygen atoms in total. The molecule has 2 aromatic rings. The first-order valence-corrected chi connectivity index (χ1v) is 9.41. The number of benzene rings is 2. The highest BCUT2D eigenvalue weighted by molar-refractivity contribution is 5.82. The molecule has 0 radical (unpaired) electrons. The topological polar surface area (TPSA) is 110 Å². The number of hydrogen-bond donors (Lipinski definition) is 2. The molecule has 0 bridgehead atoms. The monoisotopic (exact) mass is 411 g/mol. The zero-order chi connectivity index (χ0) is 21.9. The average Bonchev–Trinajstić information content (AvgIpc) is 2.75. The molecule has 0 spiro atoms. The summed E-state index contributed by atoms with van der Waals surface area (Å²) in [6.45, 7) is 3.91. The van der Waals surface area contributed by atoms with E-state index in [2.05, 4.69) is 10.9 Å². The first kappa shape index (κ1) is 22.6. The van der Waals surface area contributed by atoms with E-state index in [0.717, 1.165) is 11.1 Å². The van der Waals surface area contributed by atoms with Crippen LogP contribution in [0.15, 0.2) is 36.4 Å². The third-order valence-electron chi connectivity index (χ3n) is 4.14. The molecule has 0 saturated carbocycles. The van der Waals surface area contributed by atoms with E-state index in [1.54, 1.807) is 18.2 Å². The predicted octanol–water partition coefficient (Wildman–Crippen LogP) is 2.57. The second-order valence-electron chi connectivity index (χ2n) is 6.58. The molecule has 2 aromatic carbocycles. The van der Waals surface area contributed by atoms with Crippen LogP contribution >= 0.6 is 0 Å². The van der Waals surface area contributed by atoms with Gasteiger partial charge in [-0.25, -0.2) is 0 Å². The highest BCUT2D eigenvalue weighted by Crippen LogP contribution is 2.27. The third-order valence-corrected chi connectivity index (χ3v) is 4.14. The minimum Gasteiger partial charge on any atom is -0.493 e. The van der Waals surface area contributed by atoms with Gasteiger partial charge in [0.2, 0.25) is 5.91 Å². The fourth-order valence-corrected chi connectivity index (χ4v) is 2.52. The number of nitrogens with zero attached hydrogens (tertiary/aromatic N) is 1. The number of carbonyl (C=O) groups is 2. The molecule has 8 heteroatoms. The number of amides is 2. The highest BCUT2D eigenvalue weighted by atomic mass is 16.5. The van der Waals surface area contributed by atoms with Crippen LogP contribution in [0.4, 0.5) is 0 Å². The Balaban J connectivity index is 1.66. The molecular formula is C22H25N3O5. The molecule has 0 heterocycles. The summed E-state index contributed by atoms with van der Waals surface area (Å²) in [5.41, 5.74) is 7.10. The molecule has 0 unspecified atom stereocenters. The van der Waals surface area contributed by atoms with Crippen LogP contribution in [-0.2, 0) is 9.59 Å². The van der Waals surface area contributed by atoms with Crippen LogP contribution in [0, 0.1) is 25.2 Å². The van der Waals surface area contributed by atoms with Gasteiger partial charge in [0.25, 0.3) is 5.91 Å². The Bertz CT molecular complexity index is 937. The maximum absolute atomic E-state index is 11.9. The summed E-state index contributed by atoms with van der Waals surface area (Å²) < 4.78 is 16.3. The maximum Gasteiger partial charge on any atom is 0.276 e. The van der Waals surface area contributed by atoms with Crippen molar-refractivity contribution in [3.63, 3.8) is 0 Å². The van der Waals surface area contributed by atoms with Gasteiger partial charge in [-0.2, -0.15) is 5.26 Å². The van der Waals surface area contributed by atoms with Crippen LogP contribution < -0.4 is 25.1 Å². The van der Waals surface area contributed by atoms with E-state index in [1.807, 2.05) is 38.1 Å². The van der Waals surface area contributed by atoms with E-state index in [9.17, 15) is 9.59 Å². The summed E-state index contributed by atoms with van der Waals surface area (Å²) in [7, 11) is 1.49. The van der Waals surface area contributed by atoms with Crippen molar-refractivity contribution in [1.29, 1.82) is 5.26 Å². The Hall–Kier alpha value is -3.73. The molecule has 2 N–H and O–H groups in total. The molecule has 0 atom stereocenters. The molecule has 0 saturated heterocycles. The molecule has 158 valence electrons. The second-order valence-corrected chi connectivity index (χ2v) is 6.58. The van der Waals surface area contributed by atoms with E-state index in [0.29, 0.717) is 29.2 Å². The van der Waals surface area contributed by atoms with Gasteiger partial charge in [0.05, 0.1) is 25.3 Å². The predicted molar refractivity (Wildman–Crippen MR) is 110 cm³/mol. The van der Waals surface area contributed by atoms with Crippen molar-refractivity contribution in [1.82, 2.24) is 10.9 Å². The Morgan fingerprint density at radius 2 is 1.73 bits per heavy atom. The fraction of sp³-hybridized carbons (Fsp3) is 0.318. The van der Waals surface area contributed by atoms with Gasteiger partial charge in [-0.1, -0.05) is 12.1 Å². The first-order chi connectivity index (χ1) is 14.4. The lowest BCUT2D eigenvalue weighted by Crippen LogP contribution is -2.43. The number of aryl methyl sites for hydroxylation is 2. The fourth-order valence-electron chi connectivity index (χ4n) is 2.52. The summed E-state index contributed by atoms with van der Waals surface area (Å²) in [4.78, 5) is 23.7. The van der Waals surface area contributed by atoms with Gasteiger partial charge < -0.3 is 14.2 Å². The van der Waals surface area contributed by atoms with Gasteiger partial charge in [-0.05, 0) is 49.6 Å². The van der Waals surface area contributed by atoms with Gasteiger partial charge >= 0.3 is 0 Å². The van der Waals surface area contributed by atoms with Crippen molar-refractivity contribution in [2.24, 2.45) is 0 Å². The molecule has 0 aliphatic carbocycles. The van der Waals surface area contributed by atoms with Crippen LogP contribution in [0.3, 0.4) is 0 Å². The number of hydrazine groups is 1. The van der Waals surface area contributed by atoms with E-state index < -0.39 is 5.91 Å². The molecule has 2 amide bonds. The number of nitriles is 1. The van der Waals surface area contributed by atoms with Gasteiger partial charge in [-0.3, -0.25) is 20.4 Å². The van der Waals surface area contributed by atoms with Crippen molar-refractivity contribution in [2.75, 3.05) is 20.3 Å². The lowest BCUT2D eigenvalue weighted by molar-refractivity contribution is -0.130. The number of nitrogens with one attached hydrogen (secondary N) is 2. The summed E-state index contributed by atoms with van der Waals surface area (Å²) in [6.07, 6.45) is 0.598. The van der Waals surface area contributed by atoms with Crippen molar-refractivity contribution < 1.29 is 23.8 Å². The Morgan fingerprint density at radius 1 is 0.967 bits per heavy atom. The summed E-state index contributed by atoms with van der Waals surface area (Å²) in [6, 6.07) is 12.6. The zero-order valence-corrected chi connectivity index (χ0v) is 17.3.